The topological polar surface area (TPSA) is 162 Å². The van der Waals surface area contributed by atoms with E-state index < -0.39 is 42.9 Å². The molecule has 0 spiro atoms. The van der Waals surface area contributed by atoms with Crippen molar-refractivity contribution in [1.29, 1.82) is 0 Å². The second-order valence-corrected chi connectivity index (χ2v) is 6.28. The zero-order chi connectivity index (χ0) is 17.4. The first kappa shape index (κ1) is 17.4. The molecule has 1 aliphatic heterocycles. The van der Waals surface area contributed by atoms with Crippen molar-refractivity contribution in [3.8, 4) is 12.3 Å². The maximum Gasteiger partial charge on any atom is 0.348 e. The average Bonchev–Trinajstić information content (AvgIpc) is 2.70. The van der Waals surface area contributed by atoms with Crippen LogP contribution in [0.2, 0.25) is 0 Å². The Hall–Kier alpha value is -1.99. The number of nitrogens with zero attached hydrogens (tertiary/aromatic N) is 1. The van der Waals surface area contributed by atoms with Crippen LogP contribution in [0.3, 0.4) is 0 Å². The molecule has 2 heterocycles. The molecule has 2 rings (SSSR count). The van der Waals surface area contributed by atoms with Crippen LogP contribution in [0.25, 0.3) is 0 Å². The molecular weight excluding hydrogens is 331 g/mol. The fraction of sp³-hybridized carbons (Fsp3) is 0.333. The largest absolute Gasteiger partial charge is 0.386 e. The summed E-state index contributed by atoms with van der Waals surface area (Å²) in [6, 6.07) is 0.991. The van der Waals surface area contributed by atoms with Crippen molar-refractivity contribution in [3.05, 3.63) is 45.0 Å². The normalized spacial score (nSPS) is 31.3. The summed E-state index contributed by atoms with van der Waals surface area (Å²) in [5.74, 6) is 2.44. The van der Waals surface area contributed by atoms with Crippen LogP contribution in [-0.2, 0) is 9.30 Å². The van der Waals surface area contributed by atoms with Gasteiger partial charge in [0, 0.05) is 18.1 Å². The summed E-state index contributed by atoms with van der Waals surface area (Å²) in [6.45, 7) is 0. The number of nitrogens with one attached hydrogen (secondary N) is 1. The van der Waals surface area contributed by atoms with Crippen LogP contribution in [0.15, 0.2) is 33.7 Å². The molecule has 0 aromatic carbocycles. The Morgan fingerprint density at radius 1 is 1.43 bits per heavy atom. The molecule has 4 atom stereocenters. The maximum absolute atomic E-state index is 11.7. The van der Waals surface area contributed by atoms with E-state index in [0.717, 1.165) is 22.9 Å². The van der Waals surface area contributed by atoms with Crippen molar-refractivity contribution in [2.45, 2.75) is 24.0 Å². The highest BCUT2D eigenvalue weighted by atomic mass is 31.2. The Morgan fingerprint density at radius 3 is 2.61 bits per heavy atom. The summed E-state index contributed by atoms with van der Waals surface area (Å²) >= 11 is 0. The zero-order valence-electron chi connectivity index (χ0n) is 11.4. The number of aliphatic hydroxyl groups is 2. The minimum Gasteiger partial charge on any atom is -0.386 e. The van der Waals surface area contributed by atoms with E-state index >= 15 is 0 Å². The number of aromatic nitrogens is 2. The summed E-state index contributed by atoms with van der Waals surface area (Å²) in [5, 5.41) is 20.1. The average molecular weight is 344 g/mol. The van der Waals surface area contributed by atoms with Gasteiger partial charge in [0.25, 0.3) is 5.56 Å². The highest BCUT2D eigenvalue weighted by Crippen LogP contribution is 2.42. The summed E-state index contributed by atoms with van der Waals surface area (Å²) in [4.78, 5) is 42.4. The molecule has 0 bridgehead atoms. The number of aliphatic hydroxyl groups excluding tert-OH is 2. The van der Waals surface area contributed by atoms with Gasteiger partial charge in [-0.1, -0.05) is 5.92 Å². The monoisotopic (exact) mass is 344 g/mol. The van der Waals surface area contributed by atoms with Crippen LogP contribution >= 0.6 is 7.60 Å². The van der Waals surface area contributed by atoms with Gasteiger partial charge in [-0.3, -0.25) is 18.9 Å². The van der Waals surface area contributed by atoms with Crippen molar-refractivity contribution in [3.63, 3.8) is 0 Å². The number of terminal acetylenes is 1. The van der Waals surface area contributed by atoms with E-state index in [1.165, 1.54) is 0 Å². The van der Waals surface area contributed by atoms with Gasteiger partial charge in [0.05, 0.1) is 0 Å². The van der Waals surface area contributed by atoms with Gasteiger partial charge in [0.1, 0.15) is 12.2 Å². The third-order valence-electron chi connectivity index (χ3n) is 3.24. The van der Waals surface area contributed by atoms with Crippen LogP contribution < -0.4 is 11.2 Å². The molecule has 1 aromatic rings. The molecule has 0 amide bonds. The molecule has 23 heavy (non-hydrogen) atoms. The summed E-state index contributed by atoms with van der Waals surface area (Å²) in [5.41, 5.74) is -3.65. The standard InChI is InChI=1S/C12H13N2O8P/c1-2-12(4-6-23(19,20)21)9(17)8(16)10(22-12)14-5-3-7(15)13-11(14)18/h1,3-6,8-10,16-17H,(H,13,15,18)(H2,19,20,21)/b6-4+/t8-,9+,10?,12?/m1/s1. The smallest absolute Gasteiger partial charge is 0.348 e. The van der Waals surface area contributed by atoms with Crippen LogP contribution in [-0.4, -0.2) is 47.4 Å². The molecule has 11 heteroatoms. The molecule has 1 aromatic heterocycles. The van der Waals surface area contributed by atoms with Gasteiger partial charge < -0.3 is 24.7 Å². The lowest BCUT2D eigenvalue weighted by molar-refractivity contribution is -0.0493. The van der Waals surface area contributed by atoms with E-state index in [2.05, 4.69) is 0 Å². The number of aromatic amines is 1. The van der Waals surface area contributed by atoms with Crippen molar-refractivity contribution in [2.24, 2.45) is 0 Å². The Morgan fingerprint density at radius 2 is 2.09 bits per heavy atom. The molecule has 1 saturated heterocycles. The lowest BCUT2D eigenvalue weighted by Gasteiger charge is -2.22. The fourth-order valence-corrected chi connectivity index (χ4v) is 2.53. The van der Waals surface area contributed by atoms with Gasteiger partial charge in [0.15, 0.2) is 11.8 Å². The second-order valence-electron chi connectivity index (χ2n) is 4.80. The van der Waals surface area contributed by atoms with Crippen LogP contribution in [0.5, 0.6) is 0 Å². The van der Waals surface area contributed by atoms with E-state index in [0.29, 0.717) is 5.82 Å². The highest BCUT2D eigenvalue weighted by Gasteiger charge is 2.53. The van der Waals surface area contributed by atoms with Gasteiger partial charge in [-0.25, -0.2) is 4.79 Å². The highest BCUT2D eigenvalue weighted by molar-refractivity contribution is 7.55. The molecule has 124 valence electrons. The Balaban J connectivity index is 2.46. The predicted octanol–water partition coefficient (Wildman–Crippen LogP) is -2.15. The number of ether oxygens (including phenoxy) is 1. The summed E-state index contributed by atoms with van der Waals surface area (Å²) < 4.78 is 17.0. The second kappa shape index (κ2) is 5.90. The fourth-order valence-electron chi connectivity index (χ4n) is 2.11. The molecular formula is C12H13N2O8P. The van der Waals surface area contributed by atoms with Crippen molar-refractivity contribution < 1.29 is 29.3 Å². The van der Waals surface area contributed by atoms with Gasteiger partial charge in [0.2, 0.25) is 0 Å². The van der Waals surface area contributed by atoms with E-state index in [1.54, 1.807) is 0 Å². The van der Waals surface area contributed by atoms with Crippen molar-refractivity contribution in [2.75, 3.05) is 0 Å². The number of hydrogen-bond donors (Lipinski definition) is 5. The molecule has 1 fully saturated rings. The molecule has 2 unspecified atom stereocenters. The number of H-pyrrole nitrogens is 1. The third-order valence-corrected chi connectivity index (χ3v) is 3.78. The molecule has 0 aliphatic carbocycles. The summed E-state index contributed by atoms with van der Waals surface area (Å²) in [7, 11) is -4.59. The Bertz CT molecular complexity index is 830. The van der Waals surface area contributed by atoms with E-state index in [1.807, 2.05) is 10.9 Å². The van der Waals surface area contributed by atoms with Crippen molar-refractivity contribution in [1.82, 2.24) is 9.55 Å². The number of rotatable bonds is 3. The molecule has 5 N–H and O–H groups in total. The quantitative estimate of drug-likeness (QED) is 0.306. The van der Waals surface area contributed by atoms with Gasteiger partial charge in [-0.15, -0.1) is 6.42 Å². The third kappa shape index (κ3) is 3.35. The van der Waals surface area contributed by atoms with Gasteiger partial charge >= 0.3 is 13.3 Å². The molecule has 10 nitrogen and oxygen atoms in total. The van der Waals surface area contributed by atoms with Gasteiger partial charge in [-0.05, 0) is 6.08 Å². The molecule has 0 saturated carbocycles. The SMILES string of the molecule is C#CC1(/C=C/P(=O)(O)O)OC(n2ccc(=O)[nH]c2=O)[C@H](O)[C@@H]1O. The molecule has 1 aliphatic rings. The minimum atomic E-state index is -4.59. The first-order valence-corrected chi connectivity index (χ1v) is 7.86. The minimum absolute atomic E-state index is 0.431. The van der Waals surface area contributed by atoms with Crippen LogP contribution in [0.4, 0.5) is 0 Å². The van der Waals surface area contributed by atoms with Crippen molar-refractivity contribution >= 4 is 7.60 Å². The Kier molecular flexibility index (Phi) is 4.45. The lowest BCUT2D eigenvalue weighted by Crippen LogP contribution is -2.40. The first-order chi connectivity index (χ1) is 10.6. The van der Waals surface area contributed by atoms with Crippen LogP contribution in [0.1, 0.15) is 6.23 Å². The van der Waals surface area contributed by atoms with Crippen LogP contribution in [0, 0.1) is 12.3 Å². The van der Waals surface area contributed by atoms with E-state index in [4.69, 9.17) is 20.9 Å². The predicted molar refractivity (Wildman–Crippen MR) is 76.2 cm³/mol. The van der Waals surface area contributed by atoms with Gasteiger partial charge in [-0.2, -0.15) is 0 Å². The maximum atomic E-state index is 11.7. The Labute approximate surface area is 128 Å². The first-order valence-electron chi connectivity index (χ1n) is 6.18. The van der Waals surface area contributed by atoms with E-state index in [9.17, 15) is 24.4 Å². The summed E-state index contributed by atoms with van der Waals surface area (Å²) in [6.07, 6.45) is 2.12. The number of hydrogen-bond acceptors (Lipinski definition) is 6. The molecule has 0 radical (unpaired) electrons. The lowest BCUT2D eigenvalue weighted by atomic mass is 9.96. The van der Waals surface area contributed by atoms with E-state index in [-0.39, 0.29) is 0 Å². The zero-order valence-corrected chi connectivity index (χ0v) is 12.3.